The smallest absolute Gasteiger partial charge is 0.0306 e. The van der Waals surface area contributed by atoms with Crippen molar-refractivity contribution >= 4 is 0 Å². The summed E-state index contributed by atoms with van der Waals surface area (Å²) in [7, 11) is 2.25. The maximum absolute atomic E-state index is 2.49. The number of nitrogens with zero attached hydrogens (tertiary/aromatic N) is 1. The van der Waals surface area contributed by atoms with E-state index in [0.29, 0.717) is 0 Å². The Morgan fingerprint density at radius 1 is 1.55 bits per heavy atom. The van der Waals surface area contributed by atoms with Gasteiger partial charge in [0.1, 0.15) is 0 Å². The number of allylic oxidation sites excluding steroid dienone is 1. The molecule has 0 aromatic carbocycles. The molecule has 2 aliphatic rings. The average molecular weight is 151 g/mol. The highest BCUT2D eigenvalue weighted by Crippen LogP contribution is 2.49. The zero-order valence-electron chi connectivity index (χ0n) is 7.46. The summed E-state index contributed by atoms with van der Waals surface area (Å²) in [5.74, 6) is 2.06. The van der Waals surface area contributed by atoms with E-state index >= 15 is 0 Å². The van der Waals surface area contributed by atoms with Crippen LogP contribution in [0.1, 0.15) is 19.8 Å². The molecular weight excluding hydrogens is 134 g/mol. The quantitative estimate of drug-likeness (QED) is 0.545. The first-order valence-corrected chi connectivity index (χ1v) is 4.70. The Morgan fingerprint density at radius 3 is 2.91 bits per heavy atom. The van der Waals surface area contributed by atoms with Gasteiger partial charge in [0.05, 0.1) is 0 Å². The van der Waals surface area contributed by atoms with Gasteiger partial charge in [-0.2, -0.15) is 0 Å². The second kappa shape index (κ2) is 2.63. The van der Waals surface area contributed by atoms with E-state index in [-0.39, 0.29) is 0 Å². The molecule has 62 valence electrons. The minimum atomic E-state index is 0.778. The molecule has 0 amide bonds. The SMILES string of the molecule is CC/C=C/C1[C@@H]2CC2CN1C. The Balaban J connectivity index is 1.96. The molecule has 11 heavy (non-hydrogen) atoms. The van der Waals surface area contributed by atoms with Gasteiger partial charge in [0, 0.05) is 12.6 Å². The Labute approximate surface area is 69.1 Å². The molecule has 0 radical (unpaired) electrons. The lowest BCUT2D eigenvalue weighted by Gasteiger charge is -2.18. The van der Waals surface area contributed by atoms with Crippen LogP contribution in [-0.4, -0.2) is 24.5 Å². The molecule has 1 heterocycles. The van der Waals surface area contributed by atoms with Gasteiger partial charge in [0.25, 0.3) is 0 Å². The van der Waals surface area contributed by atoms with E-state index < -0.39 is 0 Å². The van der Waals surface area contributed by atoms with E-state index in [9.17, 15) is 0 Å². The zero-order chi connectivity index (χ0) is 7.84. The molecule has 2 rings (SSSR count). The number of piperidine rings is 1. The molecule has 0 aromatic heterocycles. The van der Waals surface area contributed by atoms with Crippen LogP contribution in [0.3, 0.4) is 0 Å². The van der Waals surface area contributed by atoms with Crippen LogP contribution in [0.15, 0.2) is 12.2 Å². The van der Waals surface area contributed by atoms with Crippen LogP contribution < -0.4 is 0 Å². The average Bonchev–Trinajstić information content (AvgIpc) is 2.64. The first kappa shape index (κ1) is 7.35. The van der Waals surface area contributed by atoms with E-state index in [0.717, 1.165) is 17.9 Å². The fourth-order valence-electron chi connectivity index (χ4n) is 2.28. The summed E-state index contributed by atoms with van der Waals surface area (Å²) in [5, 5.41) is 0. The van der Waals surface area contributed by atoms with E-state index in [1.807, 2.05) is 0 Å². The third kappa shape index (κ3) is 1.22. The lowest BCUT2D eigenvalue weighted by Crippen LogP contribution is -2.26. The van der Waals surface area contributed by atoms with Crippen molar-refractivity contribution in [3.05, 3.63) is 12.2 Å². The molecule has 2 fully saturated rings. The number of rotatable bonds is 2. The highest BCUT2D eigenvalue weighted by Gasteiger charge is 2.49. The van der Waals surface area contributed by atoms with Gasteiger partial charge in [-0.05, 0) is 31.7 Å². The Morgan fingerprint density at radius 2 is 2.36 bits per heavy atom. The third-order valence-corrected chi connectivity index (χ3v) is 3.02. The number of likely N-dealkylation sites (N-methyl/N-ethyl adjacent to an activating group) is 1. The van der Waals surface area contributed by atoms with Gasteiger partial charge >= 0.3 is 0 Å². The van der Waals surface area contributed by atoms with Gasteiger partial charge in [-0.3, -0.25) is 4.90 Å². The van der Waals surface area contributed by atoms with E-state index in [1.54, 1.807) is 0 Å². The second-order valence-corrected chi connectivity index (χ2v) is 3.93. The van der Waals surface area contributed by atoms with Crippen molar-refractivity contribution in [2.24, 2.45) is 11.8 Å². The Bertz CT molecular complexity index is 172. The largest absolute Gasteiger partial charge is 0.299 e. The third-order valence-electron chi connectivity index (χ3n) is 3.02. The van der Waals surface area contributed by atoms with Gasteiger partial charge in [0.15, 0.2) is 0 Å². The molecule has 0 N–H and O–H groups in total. The fraction of sp³-hybridized carbons (Fsp3) is 0.800. The Hall–Kier alpha value is -0.300. The molecule has 0 spiro atoms. The summed E-state index contributed by atoms with van der Waals surface area (Å²) in [6, 6.07) is 0.778. The molecular formula is C10H17N. The normalized spacial score (nSPS) is 43.3. The predicted molar refractivity (Wildman–Crippen MR) is 47.4 cm³/mol. The molecule has 0 aromatic rings. The van der Waals surface area contributed by atoms with Gasteiger partial charge in [-0.1, -0.05) is 19.1 Å². The first-order chi connectivity index (χ1) is 5.33. The summed E-state index contributed by atoms with van der Waals surface area (Å²) >= 11 is 0. The van der Waals surface area contributed by atoms with Gasteiger partial charge in [-0.15, -0.1) is 0 Å². The van der Waals surface area contributed by atoms with Crippen molar-refractivity contribution in [2.75, 3.05) is 13.6 Å². The van der Waals surface area contributed by atoms with Crippen LogP contribution >= 0.6 is 0 Å². The maximum atomic E-state index is 2.49. The highest BCUT2D eigenvalue weighted by molar-refractivity contribution is 5.11. The second-order valence-electron chi connectivity index (χ2n) is 3.93. The van der Waals surface area contributed by atoms with Gasteiger partial charge in [0.2, 0.25) is 0 Å². The van der Waals surface area contributed by atoms with Crippen LogP contribution in [0.4, 0.5) is 0 Å². The molecule has 1 aliphatic carbocycles. The van der Waals surface area contributed by atoms with Crippen LogP contribution in [0.2, 0.25) is 0 Å². The summed E-state index contributed by atoms with van der Waals surface area (Å²) in [6.45, 7) is 3.54. The fourth-order valence-corrected chi connectivity index (χ4v) is 2.28. The standard InChI is InChI=1S/C10H17N/c1-3-4-5-10-9-6-8(9)7-11(10)2/h4-5,8-10H,3,6-7H2,1-2H3/b5-4+/t8?,9-,10?/m1/s1. The van der Waals surface area contributed by atoms with Crippen molar-refractivity contribution in [1.82, 2.24) is 4.90 Å². The lowest BCUT2D eigenvalue weighted by atomic mass is 10.1. The topological polar surface area (TPSA) is 3.24 Å². The minimum Gasteiger partial charge on any atom is -0.299 e. The molecule has 1 aliphatic heterocycles. The minimum absolute atomic E-state index is 0.778. The van der Waals surface area contributed by atoms with Crippen molar-refractivity contribution < 1.29 is 0 Å². The Kier molecular flexibility index (Phi) is 1.76. The van der Waals surface area contributed by atoms with Crippen LogP contribution in [0.25, 0.3) is 0 Å². The molecule has 1 heteroatoms. The summed E-state index contributed by atoms with van der Waals surface area (Å²) in [5.41, 5.74) is 0. The molecule has 2 unspecified atom stereocenters. The van der Waals surface area contributed by atoms with E-state index in [4.69, 9.17) is 0 Å². The summed E-state index contributed by atoms with van der Waals surface area (Å²) in [6.07, 6.45) is 7.38. The molecule has 1 saturated heterocycles. The van der Waals surface area contributed by atoms with Gasteiger partial charge < -0.3 is 0 Å². The monoisotopic (exact) mass is 151 g/mol. The first-order valence-electron chi connectivity index (χ1n) is 4.70. The van der Waals surface area contributed by atoms with Crippen molar-refractivity contribution in [3.8, 4) is 0 Å². The van der Waals surface area contributed by atoms with E-state index in [2.05, 4.69) is 31.0 Å². The predicted octanol–water partition coefficient (Wildman–Crippen LogP) is 1.90. The van der Waals surface area contributed by atoms with Gasteiger partial charge in [-0.25, -0.2) is 0 Å². The summed E-state index contributed by atoms with van der Waals surface area (Å²) in [4.78, 5) is 2.49. The number of likely N-dealkylation sites (tertiary alicyclic amines) is 1. The van der Waals surface area contributed by atoms with E-state index in [1.165, 1.54) is 19.4 Å². The van der Waals surface area contributed by atoms with Crippen LogP contribution in [-0.2, 0) is 0 Å². The lowest BCUT2D eigenvalue weighted by molar-refractivity contribution is 0.312. The zero-order valence-corrected chi connectivity index (χ0v) is 7.46. The maximum Gasteiger partial charge on any atom is 0.0306 e. The van der Waals surface area contributed by atoms with Crippen molar-refractivity contribution in [3.63, 3.8) is 0 Å². The van der Waals surface area contributed by atoms with Crippen LogP contribution in [0, 0.1) is 11.8 Å². The summed E-state index contributed by atoms with van der Waals surface area (Å²) < 4.78 is 0. The van der Waals surface area contributed by atoms with Crippen molar-refractivity contribution in [1.29, 1.82) is 0 Å². The highest BCUT2D eigenvalue weighted by atomic mass is 15.2. The van der Waals surface area contributed by atoms with Crippen molar-refractivity contribution in [2.45, 2.75) is 25.8 Å². The van der Waals surface area contributed by atoms with Crippen LogP contribution in [0.5, 0.6) is 0 Å². The number of hydrogen-bond donors (Lipinski definition) is 0. The molecule has 1 saturated carbocycles. The number of fused-ring (bicyclic) bond motifs is 1. The molecule has 1 nitrogen and oxygen atoms in total. The molecule has 3 atom stereocenters. The number of hydrogen-bond acceptors (Lipinski definition) is 1. The molecule has 0 bridgehead atoms.